The molecular formula is C22H12ClN5OS. The van der Waals surface area contributed by atoms with E-state index in [2.05, 4.69) is 16.0 Å². The van der Waals surface area contributed by atoms with Crippen LogP contribution < -0.4 is 5.56 Å². The van der Waals surface area contributed by atoms with Gasteiger partial charge < -0.3 is 4.98 Å². The zero-order chi connectivity index (χ0) is 20.8. The minimum atomic E-state index is -0.257. The van der Waals surface area contributed by atoms with Gasteiger partial charge in [0, 0.05) is 17.2 Å². The summed E-state index contributed by atoms with van der Waals surface area (Å²) in [6, 6.07) is 14.5. The highest BCUT2D eigenvalue weighted by molar-refractivity contribution is 7.16. The van der Waals surface area contributed by atoms with E-state index in [1.54, 1.807) is 17.6 Å². The molecule has 6 nitrogen and oxygen atoms in total. The summed E-state index contributed by atoms with van der Waals surface area (Å²) in [6.45, 7) is 1.87. The molecule has 8 heteroatoms. The second-order valence-electron chi connectivity index (χ2n) is 6.72. The summed E-state index contributed by atoms with van der Waals surface area (Å²) in [7, 11) is 0. The van der Waals surface area contributed by atoms with Gasteiger partial charge >= 0.3 is 0 Å². The van der Waals surface area contributed by atoms with Crippen molar-refractivity contribution in [2.75, 3.05) is 0 Å². The van der Waals surface area contributed by atoms with Crippen LogP contribution in [0.2, 0.25) is 5.02 Å². The number of nitriles is 1. The van der Waals surface area contributed by atoms with Crippen molar-refractivity contribution in [3.8, 4) is 28.6 Å². The van der Waals surface area contributed by atoms with Crippen LogP contribution in [0.15, 0.2) is 52.8 Å². The first-order valence-corrected chi connectivity index (χ1v) is 10.2. The minimum Gasteiger partial charge on any atom is -0.305 e. The number of thiazole rings is 1. The Hall–Kier alpha value is -3.60. The van der Waals surface area contributed by atoms with E-state index in [4.69, 9.17) is 21.6 Å². The Bertz CT molecular complexity index is 1560. The third-order valence-electron chi connectivity index (χ3n) is 4.93. The molecule has 0 unspecified atom stereocenters. The van der Waals surface area contributed by atoms with Crippen LogP contribution >= 0.6 is 22.9 Å². The van der Waals surface area contributed by atoms with Crippen LogP contribution in [0, 0.1) is 18.3 Å². The molecule has 0 aliphatic rings. The van der Waals surface area contributed by atoms with Gasteiger partial charge in [0.2, 0.25) is 5.56 Å². The van der Waals surface area contributed by atoms with Crippen molar-refractivity contribution >= 4 is 44.3 Å². The van der Waals surface area contributed by atoms with Gasteiger partial charge in [-0.15, -0.1) is 11.3 Å². The van der Waals surface area contributed by atoms with Gasteiger partial charge in [-0.05, 0) is 36.8 Å². The molecule has 144 valence electrons. The predicted molar refractivity (Wildman–Crippen MR) is 119 cm³/mol. The molecule has 0 radical (unpaired) electrons. The van der Waals surface area contributed by atoms with Crippen LogP contribution in [0.25, 0.3) is 43.9 Å². The molecule has 0 bridgehead atoms. The van der Waals surface area contributed by atoms with Crippen molar-refractivity contribution in [1.29, 1.82) is 5.26 Å². The van der Waals surface area contributed by atoms with Gasteiger partial charge in [0.1, 0.15) is 5.52 Å². The maximum absolute atomic E-state index is 11.8. The van der Waals surface area contributed by atoms with Crippen LogP contribution in [0.1, 0.15) is 11.1 Å². The Morgan fingerprint density at radius 2 is 2.00 bits per heavy atom. The van der Waals surface area contributed by atoms with Crippen LogP contribution in [0.4, 0.5) is 0 Å². The number of fused-ring (bicyclic) bond motifs is 2. The molecule has 3 aromatic heterocycles. The van der Waals surface area contributed by atoms with Gasteiger partial charge in [-0.1, -0.05) is 23.7 Å². The number of benzene rings is 2. The van der Waals surface area contributed by atoms with Crippen LogP contribution in [-0.4, -0.2) is 19.9 Å². The Morgan fingerprint density at radius 1 is 1.13 bits per heavy atom. The topological polar surface area (TPSA) is 95.3 Å². The highest BCUT2D eigenvalue weighted by atomic mass is 35.5. The van der Waals surface area contributed by atoms with Gasteiger partial charge in [0.05, 0.1) is 43.8 Å². The molecule has 0 aliphatic carbocycles. The summed E-state index contributed by atoms with van der Waals surface area (Å²) in [4.78, 5) is 28.4. The lowest BCUT2D eigenvalue weighted by molar-refractivity contribution is 1.19. The smallest absolute Gasteiger partial charge is 0.249 e. The number of aromatic nitrogens is 4. The number of hydrogen-bond acceptors (Lipinski definition) is 6. The second kappa shape index (κ2) is 7.02. The first kappa shape index (κ1) is 18.4. The van der Waals surface area contributed by atoms with E-state index >= 15 is 0 Å². The lowest BCUT2D eigenvalue weighted by Gasteiger charge is -2.13. The zero-order valence-corrected chi connectivity index (χ0v) is 17.2. The van der Waals surface area contributed by atoms with Gasteiger partial charge in [-0.25, -0.2) is 15.0 Å². The van der Waals surface area contributed by atoms with Crippen LogP contribution in [0.3, 0.4) is 0 Å². The molecule has 3 heterocycles. The van der Waals surface area contributed by atoms with E-state index < -0.39 is 0 Å². The molecule has 0 spiro atoms. The third kappa shape index (κ3) is 2.94. The van der Waals surface area contributed by atoms with Crippen LogP contribution in [-0.2, 0) is 0 Å². The molecule has 1 N–H and O–H groups in total. The summed E-state index contributed by atoms with van der Waals surface area (Å²) >= 11 is 7.97. The molecule has 0 saturated carbocycles. The number of hydrogen-bond donors (Lipinski definition) is 1. The number of pyridine rings is 1. The average molecular weight is 430 g/mol. The first-order valence-electron chi connectivity index (χ1n) is 8.99. The van der Waals surface area contributed by atoms with E-state index in [9.17, 15) is 10.1 Å². The fourth-order valence-electron chi connectivity index (χ4n) is 3.43. The van der Waals surface area contributed by atoms with E-state index in [1.807, 2.05) is 31.2 Å². The first-order chi connectivity index (χ1) is 14.5. The molecule has 2 aromatic carbocycles. The monoisotopic (exact) mass is 429 g/mol. The second-order valence-corrected chi connectivity index (χ2v) is 8.02. The van der Waals surface area contributed by atoms with Gasteiger partial charge in [0.25, 0.3) is 0 Å². The highest BCUT2D eigenvalue weighted by Crippen LogP contribution is 2.37. The number of aromatic amines is 1. The van der Waals surface area contributed by atoms with Crippen molar-refractivity contribution in [2.45, 2.75) is 6.92 Å². The predicted octanol–water partition coefficient (Wildman–Crippen LogP) is 5.10. The summed E-state index contributed by atoms with van der Waals surface area (Å²) in [5.74, 6) is 0. The lowest BCUT2D eigenvalue weighted by atomic mass is 9.97. The standard InChI is InChI=1S/C22H12ClN5OS/c1-11-12(9-24)3-2-4-14(11)20-19(26-16-5-6-18(29)27-22(16)28-20)13-7-15(23)21-17(8-13)30-10-25-21/h2-8,10H,1H3,(H,27,28,29). The van der Waals surface area contributed by atoms with Crippen molar-refractivity contribution in [2.24, 2.45) is 0 Å². The van der Waals surface area contributed by atoms with Gasteiger partial charge in [0.15, 0.2) is 5.65 Å². The number of nitrogens with zero attached hydrogens (tertiary/aromatic N) is 4. The van der Waals surface area contributed by atoms with Crippen molar-refractivity contribution in [3.05, 3.63) is 74.5 Å². The van der Waals surface area contributed by atoms with Crippen molar-refractivity contribution < 1.29 is 0 Å². The van der Waals surface area contributed by atoms with E-state index in [1.165, 1.54) is 17.4 Å². The molecule has 0 amide bonds. The van der Waals surface area contributed by atoms with Gasteiger partial charge in [-0.3, -0.25) is 4.79 Å². The molecule has 0 aliphatic heterocycles. The average Bonchev–Trinajstić information content (AvgIpc) is 3.22. The molecule has 5 aromatic rings. The lowest BCUT2D eigenvalue weighted by Crippen LogP contribution is -2.06. The van der Waals surface area contributed by atoms with Crippen molar-refractivity contribution in [3.63, 3.8) is 0 Å². The molecule has 0 atom stereocenters. The maximum atomic E-state index is 11.8. The highest BCUT2D eigenvalue weighted by Gasteiger charge is 2.18. The van der Waals surface area contributed by atoms with E-state index in [-0.39, 0.29) is 5.56 Å². The number of halogens is 1. The van der Waals surface area contributed by atoms with Gasteiger partial charge in [-0.2, -0.15) is 5.26 Å². The summed E-state index contributed by atoms with van der Waals surface area (Å²) in [5, 5.41) is 9.99. The molecule has 0 saturated heterocycles. The molecule has 5 rings (SSSR count). The number of rotatable bonds is 2. The largest absolute Gasteiger partial charge is 0.305 e. The Kier molecular flexibility index (Phi) is 4.31. The Labute approximate surface area is 179 Å². The molecule has 30 heavy (non-hydrogen) atoms. The minimum absolute atomic E-state index is 0.257. The zero-order valence-electron chi connectivity index (χ0n) is 15.6. The third-order valence-corrected chi connectivity index (χ3v) is 5.99. The summed E-state index contributed by atoms with van der Waals surface area (Å²) < 4.78 is 0.939. The summed E-state index contributed by atoms with van der Waals surface area (Å²) in [5.41, 5.74) is 7.26. The van der Waals surface area contributed by atoms with E-state index in [0.717, 1.165) is 26.9 Å². The Balaban J connectivity index is 1.88. The number of nitrogens with one attached hydrogen (secondary N) is 1. The number of H-pyrrole nitrogens is 1. The van der Waals surface area contributed by atoms with E-state index in [0.29, 0.717) is 33.1 Å². The fourth-order valence-corrected chi connectivity index (χ4v) is 4.50. The Morgan fingerprint density at radius 3 is 2.83 bits per heavy atom. The van der Waals surface area contributed by atoms with Crippen LogP contribution in [0.5, 0.6) is 0 Å². The normalized spacial score (nSPS) is 11.1. The molecule has 0 fully saturated rings. The molecular weight excluding hydrogens is 418 g/mol. The van der Waals surface area contributed by atoms with Crippen molar-refractivity contribution in [1.82, 2.24) is 19.9 Å². The fraction of sp³-hybridized carbons (Fsp3) is 0.0455. The summed E-state index contributed by atoms with van der Waals surface area (Å²) in [6.07, 6.45) is 0. The maximum Gasteiger partial charge on any atom is 0.249 e. The quantitative estimate of drug-likeness (QED) is 0.421. The SMILES string of the molecule is Cc1c(C#N)cccc1-c1nc2[nH]c(=O)ccc2nc1-c1cc(Cl)c2ncsc2c1.